The molecule has 4 fully saturated rings. The van der Waals surface area contributed by atoms with Gasteiger partial charge in [0.05, 0.1) is 6.04 Å². The summed E-state index contributed by atoms with van der Waals surface area (Å²) in [6.45, 7) is 2.07. The fourth-order valence-electron chi connectivity index (χ4n) is 5.57. The average molecular weight is 318 g/mol. The number of nitrogens with one attached hydrogen (secondary N) is 1. The van der Waals surface area contributed by atoms with Gasteiger partial charge in [0.2, 0.25) is 5.91 Å². The fourth-order valence-corrected chi connectivity index (χ4v) is 5.70. The van der Waals surface area contributed by atoms with Gasteiger partial charge in [-0.2, -0.15) is 0 Å². The molecule has 0 radical (unpaired) electrons. The van der Waals surface area contributed by atoms with Crippen LogP contribution in [0.4, 0.5) is 0 Å². The Hall–Kier alpha value is -1.02. The maximum Gasteiger partial charge on any atom is 0.226 e. The molecular formula is C19H24ClNO. The van der Waals surface area contributed by atoms with Gasteiger partial charge in [0.25, 0.3) is 0 Å². The number of amides is 1. The Balaban J connectivity index is 1.49. The number of halogens is 1. The highest BCUT2D eigenvalue weighted by atomic mass is 35.5. The molecule has 4 aliphatic carbocycles. The van der Waals surface area contributed by atoms with E-state index in [1.54, 1.807) is 0 Å². The van der Waals surface area contributed by atoms with E-state index in [4.69, 9.17) is 11.6 Å². The number of hydrogen-bond donors (Lipinski definition) is 1. The minimum atomic E-state index is -0.0601. The summed E-state index contributed by atoms with van der Waals surface area (Å²) in [6.07, 6.45) is 7.49. The second kappa shape index (κ2) is 5.26. The van der Waals surface area contributed by atoms with E-state index in [2.05, 4.69) is 12.2 Å². The number of carbonyl (C=O) groups excluding carboxylic acids is 1. The van der Waals surface area contributed by atoms with Crippen molar-refractivity contribution in [2.45, 2.75) is 51.5 Å². The molecule has 118 valence electrons. The first-order chi connectivity index (χ1) is 10.5. The van der Waals surface area contributed by atoms with E-state index in [-0.39, 0.29) is 11.5 Å². The first kappa shape index (κ1) is 14.6. The maximum absolute atomic E-state index is 13.0. The van der Waals surface area contributed by atoms with E-state index in [0.29, 0.717) is 5.91 Å². The highest BCUT2D eigenvalue weighted by Gasteiger charge is 2.54. The largest absolute Gasteiger partial charge is 0.349 e. The van der Waals surface area contributed by atoms with Gasteiger partial charge in [0.15, 0.2) is 0 Å². The molecule has 1 N–H and O–H groups in total. The molecule has 0 spiro atoms. The molecule has 0 aliphatic heterocycles. The van der Waals surface area contributed by atoms with Crippen molar-refractivity contribution in [3.05, 3.63) is 34.9 Å². The lowest BCUT2D eigenvalue weighted by atomic mass is 9.49. The lowest BCUT2D eigenvalue weighted by molar-refractivity contribution is -0.147. The summed E-state index contributed by atoms with van der Waals surface area (Å²) in [7, 11) is 0. The normalized spacial score (nSPS) is 37.1. The highest BCUT2D eigenvalue weighted by Crippen LogP contribution is 2.60. The highest BCUT2D eigenvalue weighted by molar-refractivity contribution is 6.30. The second-order valence-corrected chi connectivity index (χ2v) is 8.38. The number of rotatable bonds is 3. The topological polar surface area (TPSA) is 29.1 Å². The van der Waals surface area contributed by atoms with E-state index in [1.165, 1.54) is 19.3 Å². The summed E-state index contributed by atoms with van der Waals surface area (Å²) in [4.78, 5) is 13.0. The molecule has 0 heterocycles. The summed E-state index contributed by atoms with van der Waals surface area (Å²) >= 11 is 5.95. The van der Waals surface area contributed by atoms with Gasteiger partial charge < -0.3 is 5.32 Å². The smallest absolute Gasteiger partial charge is 0.226 e. The Morgan fingerprint density at radius 2 is 1.59 bits per heavy atom. The van der Waals surface area contributed by atoms with E-state index in [9.17, 15) is 4.79 Å². The monoisotopic (exact) mass is 317 g/mol. The Kier molecular flexibility index (Phi) is 3.48. The van der Waals surface area contributed by atoms with Crippen LogP contribution in [0.5, 0.6) is 0 Å². The minimum Gasteiger partial charge on any atom is -0.349 e. The number of carbonyl (C=O) groups is 1. The Morgan fingerprint density at radius 3 is 2.09 bits per heavy atom. The van der Waals surface area contributed by atoms with Gasteiger partial charge in [-0.3, -0.25) is 4.79 Å². The predicted octanol–water partition coefficient (Wildman–Crippen LogP) is 4.73. The summed E-state index contributed by atoms with van der Waals surface area (Å²) in [5.41, 5.74) is 1.07. The summed E-state index contributed by atoms with van der Waals surface area (Å²) in [6, 6.07) is 7.85. The van der Waals surface area contributed by atoms with Crippen molar-refractivity contribution in [3.8, 4) is 0 Å². The Bertz CT molecular complexity index is 544. The lowest BCUT2D eigenvalue weighted by Gasteiger charge is -2.55. The Labute approximate surface area is 137 Å². The van der Waals surface area contributed by atoms with Crippen LogP contribution in [0.2, 0.25) is 5.02 Å². The van der Waals surface area contributed by atoms with Crippen LogP contribution >= 0.6 is 11.6 Å². The second-order valence-electron chi connectivity index (χ2n) is 7.94. The summed E-state index contributed by atoms with van der Waals surface area (Å²) in [5, 5.41) is 4.03. The zero-order valence-corrected chi connectivity index (χ0v) is 13.9. The van der Waals surface area contributed by atoms with E-state index >= 15 is 0 Å². The van der Waals surface area contributed by atoms with Crippen LogP contribution in [0.15, 0.2) is 24.3 Å². The zero-order chi connectivity index (χ0) is 15.3. The fraction of sp³-hybridized carbons (Fsp3) is 0.632. The number of hydrogen-bond acceptors (Lipinski definition) is 1. The molecule has 1 aromatic carbocycles. The van der Waals surface area contributed by atoms with Crippen LogP contribution in [-0.4, -0.2) is 5.91 Å². The van der Waals surface area contributed by atoms with Crippen LogP contribution in [0.3, 0.4) is 0 Å². The molecule has 5 rings (SSSR count). The van der Waals surface area contributed by atoms with Crippen molar-refractivity contribution >= 4 is 17.5 Å². The molecule has 0 saturated heterocycles. The van der Waals surface area contributed by atoms with Crippen molar-refractivity contribution in [1.82, 2.24) is 5.32 Å². The molecule has 1 amide bonds. The molecule has 1 aromatic rings. The number of benzene rings is 1. The first-order valence-corrected chi connectivity index (χ1v) is 8.98. The van der Waals surface area contributed by atoms with Crippen LogP contribution in [0.25, 0.3) is 0 Å². The third-order valence-corrected chi connectivity index (χ3v) is 6.49. The van der Waals surface area contributed by atoms with Gasteiger partial charge in [0.1, 0.15) is 0 Å². The first-order valence-electron chi connectivity index (χ1n) is 8.60. The molecule has 4 bridgehead atoms. The summed E-state index contributed by atoms with van der Waals surface area (Å²) < 4.78 is 0. The summed E-state index contributed by atoms with van der Waals surface area (Å²) in [5.74, 6) is 2.72. The molecule has 4 saturated carbocycles. The Morgan fingerprint density at radius 1 is 1.09 bits per heavy atom. The average Bonchev–Trinajstić information content (AvgIpc) is 2.46. The van der Waals surface area contributed by atoms with Gasteiger partial charge >= 0.3 is 0 Å². The molecular weight excluding hydrogens is 294 g/mol. The van der Waals surface area contributed by atoms with Crippen molar-refractivity contribution in [1.29, 1.82) is 0 Å². The van der Waals surface area contributed by atoms with Crippen LogP contribution in [0.1, 0.15) is 57.1 Å². The SMILES string of the molecule is C[C@@H](NC(=O)C12CC3CC(CC(C3)C1)C2)c1ccc(Cl)cc1. The van der Waals surface area contributed by atoms with Crippen molar-refractivity contribution in [2.24, 2.45) is 23.2 Å². The third-order valence-electron chi connectivity index (χ3n) is 6.24. The van der Waals surface area contributed by atoms with Crippen LogP contribution in [-0.2, 0) is 4.79 Å². The van der Waals surface area contributed by atoms with Gasteiger partial charge in [-0.15, -0.1) is 0 Å². The quantitative estimate of drug-likeness (QED) is 0.857. The van der Waals surface area contributed by atoms with Crippen LogP contribution in [0, 0.1) is 23.2 Å². The van der Waals surface area contributed by atoms with Gasteiger partial charge in [-0.1, -0.05) is 23.7 Å². The molecule has 4 aliphatic rings. The molecule has 0 unspecified atom stereocenters. The lowest BCUT2D eigenvalue weighted by Crippen LogP contribution is -2.53. The van der Waals surface area contributed by atoms with Gasteiger partial charge in [0, 0.05) is 10.4 Å². The maximum atomic E-state index is 13.0. The third kappa shape index (κ3) is 2.46. The van der Waals surface area contributed by atoms with Crippen molar-refractivity contribution in [2.75, 3.05) is 0 Å². The van der Waals surface area contributed by atoms with E-state index in [0.717, 1.165) is 47.6 Å². The minimum absolute atomic E-state index is 0.0535. The molecule has 22 heavy (non-hydrogen) atoms. The van der Waals surface area contributed by atoms with Gasteiger partial charge in [-0.25, -0.2) is 0 Å². The standard InChI is InChI=1S/C19H24ClNO/c1-12(16-2-4-17(20)5-3-16)21-18(22)19-9-13-6-14(10-19)8-15(7-13)11-19/h2-5,12-15H,6-11H2,1H3,(H,21,22)/t12-,13?,14?,15?,19?/m1/s1. The van der Waals surface area contributed by atoms with Crippen molar-refractivity contribution < 1.29 is 4.79 Å². The molecule has 0 aromatic heterocycles. The molecule has 2 nitrogen and oxygen atoms in total. The van der Waals surface area contributed by atoms with Gasteiger partial charge in [-0.05, 0) is 80.9 Å². The van der Waals surface area contributed by atoms with E-state index in [1.807, 2.05) is 24.3 Å². The zero-order valence-electron chi connectivity index (χ0n) is 13.1. The molecule has 1 atom stereocenters. The van der Waals surface area contributed by atoms with Crippen molar-refractivity contribution in [3.63, 3.8) is 0 Å². The van der Waals surface area contributed by atoms with E-state index < -0.39 is 0 Å². The molecule has 3 heteroatoms. The predicted molar refractivity (Wildman–Crippen MR) is 88.6 cm³/mol. The van der Waals surface area contributed by atoms with Crippen LogP contribution < -0.4 is 5.32 Å².